The number of halogens is 1. The highest BCUT2D eigenvalue weighted by Gasteiger charge is 2.25. The summed E-state index contributed by atoms with van der Waals surface area (Å²) in [5.74, 6) is -1.20. The van der Waals surface area contributed by atoms with Crippen molar-refractivity contribution in [3.63, 3.8) is 0 Å². The summed E-state index contributed by atoms with van der Waals surface area (Å²) in [7, 11) is 2.14. The van der Waals surface area contributed by atoms with Crippen molar-refractivity contribution < 1.29 is 14.0 Å². The number of nitrogens with zero attached hydrogens (tertiary/aromatic N) is 2. The van der Waals surface area contributed by atoms with Crippen LogP contribution in [0.4, 0.5) is 4.39 Å². The van der Waals surface area contributed by atoms with Crippen molar-refractivity contribution in [2.24, 2.45) is 0 Å². The van der Waals surface area contributed by atoms with Crippen LogP contribution in [0.2, 0.25) is 0 Å². The molecule has 1 saturated heterocycles. The molecule has 1 aliphatic heterocycles. The van der Waals surface area contributed by atoms with Gasteiger partial charge in [0.2, 0.25) is 5.91 Å². The maximum atomic E-state index is 13.2. The second kappa shape index (κ2) is 10.8. The molecule has 0 aliphatic carbocycles. The SMILES string of the molecule is CN1CCN(CCCNC(=O)CNC(=O)c2cccc(F)c2)C(c2ccccc2)C1. The smallest absolute Gasteiger partial charge is 0.251 e. The Morgan fingerprint density at radius 2 is 1.87 bits per heavy atom. The van der Waals surface area contributed by atoms with Gasteiger partial charge in [0, 0.05) is 44.3 Å². The Morgan fingerprint density at radius 1 is 1.07 bits per heavy atom. The molecule has 2 aromatic rings. The maximum Gasteiger partial charge on any atom is 0.251 e. The molecule has 1 atom stereocenters. The second-order valence-electron chi connectivity index (χ2n) is 7.62. The lowest BCUT2D eigenvalue weighted by molar-refractivity contribution is -0.120. The Kier molecular flexibility index (Phi) is 7.93. The number of nitrogens with one attached hydrogen (secondary N) is 2. The van der Waals surface area contributed by atoms with Gasteiger partial charge >= 0.3 is 0 Å². The number of hydrogen-bond acceptors (Lipinski definition) is 4. The van der Waals surface area contributed by atoms with Crippen molar-refractivity contribution >= 4 is 11.8 Å². The zero-order valence-electron chi connectivity index (χ0n) is 17.3. The first-order valence-electron chi connectivity index (χ1n) is 10.3. The summed E-state index contributed by atoms with van der Waals surface area (Å²) >= 11 is 0. The van der Waals surface area contributed by atoms with Crippen LogP contribution in [-0.2, 0) is 4.79 Å². The van der Waals surface area contributed by atoms with Gasteiger partial charge in [-0.25, -0.2) is 4.39 Å². The van der Waals surface area contributed by atoms with Crippen molar-refractivity contribution in [2.75, 3.05) is 46.3 Å². The van der Waals surface area contributed by atoms with Crippen LogP contribution >= 0.6 is 0 Å². The summed E-state index contributed by atoms with van der Waals surface area (Å²) in [5, 5.41) is 5.36. The Morgan fingerprint density at radius 3 is 2.63 bits per heavy atom. The number of hydrogen-bond donors (Lipinski definition) is 2. The molecule has 2 amide bonds. The van der Waals surface area contributed by atoms with Crippen LogP contribution < -0.4 is 10.6 Å². The number of piperazine rings is 1. The standard InChI is InChI=1S/C23H29FN4O2/c1-27-13-14-28(21(17-27)18-7-3-2-4-8-18)12-6-11-25-22(29)16-26-23(30)19-9-5-10-20(24)15-19/h2-5,7-10,15,21H,6,11-14,16-17H2,1H3,(H,25,29)(H,26,30). The maximum absolute atomic E-state index is 13.2. The summed E-state index contributed by atoms with van der Waals surface area (Å²) in [5.41, 5.74) is 1.51. The van der Waals surface area contributed by atoms with Crippen LogP contribution in [0.5, 0.6) is 0 Å². The van der Waals surface area contributed by atoms with Gasteiger partial charge in [0.15, 0.2) is 0 Å². The average Bonchev–Trinajstić information content (AvgIpc) is 2.76. The van der Waals surface area contributed by atoms with Crippen LogP contribution in [0.25, 0.3) is 0 Å². The fourth-order valence-corrected chi connectivity index (χ4v) is 3.68. The van der Waals surface area contributed by atoms with Gasteiger partial charge in [-0.1, -0.05) is 36.4 Å². The topological polar surface area (TPSA) is 64.7 Å². The molecule has 0 saturated carbocycles. The number of carbonyl (C=O) groups is 2. The molecule has 30 heavy (non-hydrogen) atoms. The molecule has 0 spiro atoms. The minimum absolute atomic E-state index is 0.128. The average molecular weight is 413 g/mol. The molecule has 1 unspecified atom stereocenters. The normalized spacial score (nSPS) is 17.5. The van der Waals surface area contributed by atoms with Gasteiger partial charge in [-0.2, -0.15) is 0 Å². The largest absolute Gasteiger partial charge is 0.355 e. The molecule has 7 heteroatoms. The van der Waals surface area contributed by atoms with Crippen molar-refractivity contribution in [3.05, 3.63) is 71.5 Å². The first-order valence-corrected chi connectivity index (χ1v) is 10.3. The van der Waals surface area contributed by atoms with Gasteiger partial charge in [-0.15, -0.1) is 0 Å². The van der Waals surface area contributed by atoms with Gasteiger partial charge < -0.3 is 15.5 Å². The number of benzene rings is 2. The fraction of sp³-hybridized carbons (Fsp3) is 0.391. The predicted octanol–water partition coefficient (Wildman–Crippen LogP) is 2.05. The van der Waals surface area contributed by atoms with E-state index < -0.39 is 11.7 Å². The number of carbonyl (C=O) groups excluding carboxylic acids is 2. The Labute approximate surface area is 177 Å². The highest BCUT2D eigenvalue weighted by atomic mass is 19.1. The van der Waals surface area contributed by atoms with E-state index in [9.17, 15) is 14.0 Å². The molecular formula is C23H29FN4O2. The van der Waals surface area contributed by atoms with E-state index in [1.807, 2.05) is 6.07 Å². The number of likely N-dealkylation sites (N-methyl/N-ethyl adjacent to an activating group) is 1. The van der Waals surface area contributed by atoms with Crippen LogP contribution in [0, 0.1) is 5.82 Å². The Balaban J connectivity index is 1.39. The van der Waals surface area contributed by atoms with Crippen molar-refractivity contribution in [3.8, 4) is 0 Å². The molecule has 2 N–H and O–H groups in total. The van der Waals surface area contributed by atoms with E-state index in [-0.39, 0.29) is 18.0 Å². The summed E-state index contributed by atoms with van der Waals surface area (Å²) in [6.07, 6.45) is 0.830. The molecule has 6 nitrogen and oxygen atoms in total. The minimum Gasteiger partial charge on any atom is -0.355 e. The molecule has 0 radical (unpaired) electrons. The molecular weight excluding hydrogens is 383 g/mol. The first kappa shape index (κ1) is 21.9. The van der Waals surface area contributed by atoms with Gasteiger partial charge in [-0.05, 0) is 37.2 Å². The molecule has 3 rings (SSSR count). The van der Waals surface area contributed by atoms with Gasteiger partial charge in [0.1, 0.15) is 5.82 Å². The monoisotopic (exact) mass is 412 g/mol. The number of rotatable bonds is 8. The molecule has 0 aromatic heterocycles. The molecule has 1 heterocycles. The minimum atomic E-state index is -0.482. The Bertz CT molecular complexity index is 846. The van der Waals surface area contributed by atoms with E-state index in [0.29, 0.717) is 12.6 Å². The summed E-state index contributed by atoms with van der Waals surface area (Å²) < 4.78 is 13.2. The van der Waals surface area contributed by atoms with Crippen molar-refractivity contribution in [2.45, 2.75) is 12.5 Å². The lowest BCUT2D eigenvalue weighted by atomic mass is 10.0. The van der Waals surface area contributed by atoms with Gasteiger partial charge in [-0.3, -0.25) is 14.5 Å². The second-order valence-corrected chi connectivity index (χ2v) is 7.62. The molecule has 1 fully saturated rings. The van der Waals surface area contributed by atoms with Crippen molar-refractivity contribution in [1.29, 1.82) is 0 Å². The van der Waals surface area contributed by atoms with E-state index in [1.54, 1.807) is 0 Å². The van der Waals surface area contributed by atoms with Crippen LogP contribution in [0.15, 0.2) is 54.6 Å². The van der Waals surface area contributed by atoms with E-state index in [2.05, 4.69) is 51.7 Å². The van der Waals surface area contributed by atoms with Crippen LogP contribution in [-0.4, -0.2) is 67.9 Å². The Hall–Kier alpha value is -2.77. The molecule has 0 bridgehead atoms. The molecule has 160 valence electrons. The number of amides is 2. The van der Waals surface area contributed by atoms with E-state index in [0.717, 1.165) is 38.7 Å². The summed E-state index contributed by atoms with van der Waals surface area (Å²) in [4.78, 5) is 28.8. The first-order chi connectivity index (χ1) is 14.5. The summed E-state index contributed by atoms with van der Waals surface area (Å²) in [6, 6.07) is 16.2. The lowest BCUT2D eigenvalue weighted by Crippen LogP contribution is -2.47. The lowest BCUT2D eigenvalue weighted by Gasteiger charge is -2.40. The predicted molar refractivity (Wildman–Crippen MR) is 115 cm³/mol. The van der Waals surface area contributed by atoms with E-state index in [1.165, 1.54) is 23.8 Å². The van der Waals surface area contributed by atoms with Gasteiger partial charge in [0.25, 0.3) is 5.91 Å². The molecule has 2 aromatic carbocycles. The van der Waals surface area contributed by atoms with Crippen molar-refractivity contribution in [1.82, 2.24) is 20.4 Å². The third-order valence-corrected chi connectivity index (χ3v) is 5.32. The zero-order chi connectivity index (χ0) is 21.3. The van der Waals surface area contributed by atoms with E-state index in [4.69, 9.17) is 0 Å². The quantitative estimate of drug-likeness (QED) is 0.652. The highest BCUT2D eigenvalue weighted by Crippen LogP contribution is 2.24. The van der Waals surface area contributed by atoms with Crippen LogP contribution in [0.3, 0.4) is 0 Å². The molecule has 1 aliphatic rings. The van der Waals surface area contributed by atoms with E-state index >= 15 is 0 Å². The summed E-state index contributed by atoms with van der Waals surface area (Å²) in [6.45, 7) is 4.32. The fourth-order valence-electron chi connectivity index (χ4n) is 3.68. The highest BCUT2D eigenvalue weighted by molar-refractivity contribution is 5.96. The third-order valence-electron chi connectivity index (χ3n) is 5.32. The third kappa shape index (κ3) is 6.37. The van der Waals surface area contributed by atoms with Crippen LogP contribution in [0.1, 0.15) is 28.4 Å². The zero-order valence-corrected chi connectivity index (χ0v) is 17.3. The van der Waals surface area contributed by atoms with Gasteiger partial charge in [0.05, 0.1) is 6.54 Å².